The number of hydrogen-bond donors (Lipinski definition) is 2. The summed E-state index contributed by atoms with van der Waals surface area (Å²) in [5.74, 6) is -1.23. The minimum absolute atomic E-state index is 0.140. The second-order valence-electron chi connectivity index (χ2n) is 6.59. The number of methoxy groups -OCH3 is 1. The van der Waals surface area contributed by atoms with Crippen LogP contribution in [0.1, 0.15) is 28.9 Å². The number of aromatic nitrogens is 2. The predicted molar refractivity (Wildman–Crippen MR) is 97.3 cm³/mol. The van der Waals surface area contributed by atoms with E-state index in [9.17, 15) is 14.7 Å². The molecule has 1 aromatic heterocycles. The summed E-state index contributed by atoms with van der Waals surface area (Å²) >= 11 is 0. The molecule has 0 bridgehead atoms. The van der Waals surface area contributed by atoms with E-state index in [1.54, 1.807) is 24.1 Å². The molecule has 2 heterocycles. The Morgan fingerprint density at radius 2 is 2.22 bits per heavy atom. The number of carboxylic acids is 1. The summed E-state index contributed by atoms with van der Waals surface area (Å²) in [5, 5.41) is 16.4. The van der Waals surface area contributed by atoms with Gasteiger partial charge in [0.05, 0.1) is 13.7 Å². The Morgan fingerprint density at radius 1 is 1.41 bits per heavy atom. The fraction of sp³-hybridized carbons (Fsp3) is 0.421. The molecule has 27 heavy (non-hydrogen) atoms. The van der Waals surface area contributed by atoms with Crippen molar-refractivity contribution in [3.8, 4) is 11.4 Å². The van der Waals surface area contributed by atoms with E-state index in [1.165, 1.54) is 0 Å². The highest BCUT2D eigenvalue weighted by Crippen LogP contribution is 2.23. The zero-order valence-corrected chi connectivity index (χ0v) is 15.3. The maximum atomic E-state index is 12.5. The molecule has 3 rings (SSSR count). The maximum absolute atomic E-state index is 12.5. The standard InChI is InChI=1S/C19H23N3O5/c1-12-5-6-16(26-2)15(10-12)22-8-7-14(21-22)18(23)20-17(19(24)25)13-4-3-9-27-11-13/h5-8,10,13,17H,3-4,9,11H2,1-2H3,(H,20,23)(H,24,25). The van der Waals surface area contributed by atoms with Crippen LogP contribution in [-0.2, 0) is 9.53 Å². The number of carboxylic acid groups (broad SMARTS) is 1. The van der Waals surface area contributed by atoms with Crippen LogP contribution < -0.4 is 10.1 Å². The zero-order valence-electron chi connectivity index (χ0n) is 15.3. The van der Waals surface area contributed by atoms with Gasteiger partial charge in [-0.25, -0.2) is 9.48 Å². The van der Waals surface area contributed by atoms with Gasteiger partial charge >= 0.3 is 5.97 Å². The van der Waals surface area contributed by atoms with E-state index in [2.05, 4.69) is 10.4 Å². The van der Waals surface area contributed by atoms with E-state index in [-0.39, 0.29) is 11.6 Å². The molecule has 1 saturated heterocycles. The van der Waals surface area contributed by atoms with Gasteiger partial charge in [0, 0.05) is 18.7 Å². The van der Waals surface area contributed by atoms with E-state index in [0.29, 0.717) is 31.1 Å². The van der Waals surface area contributed by atoms with Gasteiger partial charge in [0.2, 0.25) is 0 Å². The second kappa shape index (κ2) is 8.22. The first-order valence-electron chi connectivity index (χ1n) is 8.81. The minimum atomic E-state index is -1.07. The highest BCUT2D eigenvalue weighted by Gasteiger charge is 2.32. The zero-order chi connectivity index (χ0) is 19.4. The number of benzene rings is 1. The number of hydrogen-bond acceptors (Lipinski definition) is 5. The molecule has 2 unspecified atom stereocenters. The van der Waals surface area contributed by atoms with E-state index >= 15 is 0 Å². The average molecular weight is 373 g/mol. The summed E-state index contributed by atoms with van der Waals surface area (Å²) in [7, 11) is 1.56. The van der Waals surface area contributed by atoms with Crippen LogP contribution in [0.4, 0.5) is 0 Å². The Balaban J connectivity index is 1.78. The molecular formula is C19H23N3O5. The van der Waals surface area contributed by atoms with Crippen molar-refractivity contribution in [3.05, 3.63) is 41.7 Å². The summed E-state index contributed by atoms with van der Waals surface area (Å²) in [6.45, 7) is 2.90. The second-order valence-corrected chi connectivity index (χ2v) is 6.59. The first-order chi connectivity index (χ1) is 13.0. The third-order valence-corrected chi connectivity index (χ3v) is 4.62. The van der Waals surface area contributed by atoms with Crippen LogP contribution in [0.3, 0.4) is 0 Å². The Morgan fingerprint density at radius 3 is 2.89 bits per heavy atom. The summed E-state index contributed by atoms with van der Waals surface area (Å²) in [4.78, 5) is 24.1. The van der Waals surface area contributed by atoms with E-state index in [0.717, 1.165) is 12.0 Å². The molecule has 1 amide bonds. The lowest BCUT2D eigenvalue weighted by Gasteiger charge is -2.27. The summed E-state index contributed by atoms with van der Waals surface area (Å²) in [5.41, 5.74) is 1.86. The van der Waals surface area contributed by atoms with Crippen LogP contribution >= 0.6 is 0 Å². The Bertz CT molecular complexity index is 827. The predicted octanol–water partition coefficient (Wildman–Crippen LogP) is 1.80. The fourth-order valence-corrected chi connectivity index (χ4v) is 3.18. The summed E-state index contributed by atoms with van der Waals surface area (Å²) in [6.07, 6.45) is 3.13. The van der Waals surface area contributed by atoms with E-state index < -0.39 is 17.9 Å². The van der Waals surface area contributed by atoms with Gasteiger partial charge in [-0.05, 0) is 43.5 Å². The molecule has 8 heteroatoms. The van der Waals surface area contributed by atoms with Gasteiger partial charge in [0.15, 0.2) is 5.69 Å². The van der Waals surface area contributed by atoms with Crippen molar-refractivity contribution < 1.29 is 24.2 Å². The number of aryl methyl sites for hydroxylation is 1. The van der Waals surface area contributed by atoms with Gasteiger partial charge in [0.1, 0.15) is 17.5 Å². The fourth-order valence-electron chi connectivity index (χ4n) is 3.18. The molecule has 8 nitrogen and oxygen atoms in total. The Labute approximate surface area is 157 Å². The van der Waals surface area contributed by atoms with Crippen molar-refractivity contribution in [2.45, 2.75) is 25.8 Å². The average Bonchev–Trinajstić information content (AvgIpc) is 3.16. The lowest BCUT2D eigenvalue weighted by atomic mass is 9.93. The van der Waals surface area contributed by atoms with Gasteiger partial charge in [-0.3, -0.25) is 4.79 Å². The number of amides is 1. The molecule has 2 N–H and O–H groups in total. The molecular weight excluding hydrogens is 350 g/mol. The molecule has 0 aliphatic carbocycles. The van der Waals surface area contributed by atoms with Gasteiger partial charge < -0.3 is 19.9 Å². The van der Waals surface area contributed by atoms with Crippen molar-refractivity contribution in [1.82, 2.24) is 15.1 Å². The highest BCUT2D eigenvalue weighted by atomic mass is 16.5. The third kappa shape index (κ3) is 4.28. The van der Waals surface area contributed by atoms with Gasteiger partial charge in [-0.1, -0.05) is 6.07 Å². The van der Waals surface area contributed by atoms with Gasteiger partial charge in [-0.15, -0.1) is 0 Å². The molecule has 0 spiro atoms. The minimum Gasteiger partial charge on any atom is -0.494 e. The van der Waals surface area contributed by atoms with Crippen LogP contribution in [0.5, 0.6) is 5.75 Å². The summed E-state index contributed by atoms with van der Waals surface area (Å²) < 4.78 is 12.2. The quantitative estimate of drug-likeness (QED) is 0.800. The van der Waals surface area contributed by atoms with Crippen LogP contribution in [0.15, 0.2) is 30.5 Å². The van der Waals surface area contributed by atoms with Crippen molar-refractivity contribution in [3.63, 3.8) is 0 Å². The number of carbonyl (C=O) groups is 2. The molecule has 0 radical (unpaired) electrons. The lowest BCUT2D eigenvalue weighted by Crippen LogP contribution is -2.48. The number of carbonyl (C=O) groups excluding carboxylic acids is 1. The normalized spacial score (nSPS) is 17.9. The molecule has 1 aliphatic heterocycles. The monoisotopic (exact) mass is 373 g/mol. The number of aliphatic carboxylic acids is 1. The molecule has 144 valence electrons. The first-order valence-corrected chi connectivity index (χ1v) is 8.81. The van der Waals surface area contributed by atoms with Crippen LogP contribution in [-0.4, -0.2) is 53.1 Å². The highest BCUT2D eigenvalue weighted by molar-refractivity contribution is 5.95. The number of ether oxygens (including phenoxy) is 2. The van der Waals surface area contributed by atoms with Crippen molar-refractivity contribution in [2.24, 2.45) is 5.92 Å². The first kappa shape index (κ1) is 18.9. The largest absolute Gasteiger partial charge is 0.494 e. The van der Waals surface area contributed by atoms with E-state index in [4.69, 9.17) is 9.47 Å². The van der Waals surface area contributed by atoms with Gasteiger partial charge in [0.25, 0.3) is 5.91 Å². The summed E-state index contributed by atoms with van der Waals surface area (Å²) in [6, 6.07) is 6.19. The smallest absolute Gasteiger partial charge is 0.326 e. The topological polar surface area (TPSA) is 103 Å². The van der Waals surface area contributed by atoms with Crippen LogP contribution in [0, 0.1) is 12.8 Å². The number of rotatable bonds is 6. The molecule has 2 atom stereocenters. The lowest BCUT2D eigenvalue weighted by molar-refractivity contribution is -0.142. The van der Waals surface area contributed by atoms with Crippen molar-refractivity contribution in [2.75, 3.05) is 20.3 Å². The number of nitrogens with zero attached hydrogens (tertiary/aromatic N) is 2. The van der Waals surface area contributed by atoms with Crippen LogP contribution in [0.25, 0.3) is 5.69 Å². The van der Waals surface area contributed by atoms with Crippen LogP contribution in [0.2, 0.25) is 0 Å². The number of nitrogens with one attached hydrogen (secondary N) is 1. The molecule has 2 aromatic rings. The SMILES string of the molecule is COc1ccc(C)cc1-n1ccc(C(=O)NC(C(=O)O)C2CCCOC2)n1. The Hall–Kier alpha value is -2.87. The Kier molecular flexibility index (Phi) is 5.75. The third-order valence-electron chi connectivity index (χ3n) is 4.62. The maximum Gasteiger partial charge on any atom is 0.326 e. The molecule has 0 saturated carbocycles. The molecule has 1 fully saturated rings. The van der Waals surface area contributed by atoms with Crippen molar-refractivity contribution in [1.29, 1.82) is 0 Å². The molecule has 1 aromatic carbocycles. The van der Waals surface area contributed by atoms with Gasteiger partial charge in [-0.2, -0.15) is 5.10 Å². The van der Waals surface area contributed by atoms with E-state index in [1.807, 2.05) is 25.1 Å². The molecule has 1 aliphatic rings. The van der Waals surface area contributed by atoms with Crippen molar-refractivity contribution >= 4 is 11.9 Å².